The molecule has 0 aromatic carbocycles. The van der Waals surface area contributed by atoms with Crippen molar-refractivity contribution in [2.75, 3.05) is 13.1 Å². The molecule has 0 saturated carbocycles. The second-order valence-corrected chi connectivity index (χ2v) is 6.24. The molecule has 2 unspecified atom stereocenters. The minimum Gasteiger partial charge on any atom is -0.354 e. The highest BCUT2D eigenvalue weighted by atomic mass is 32.2. The van der Waals surface area contributed by atoms with Crippen LogP contribution in [0.3, 0.4) is 0 Å². The summed E-state index contributed by atoms with van der Waals surface area (Å²) in [7, 11) is 0. The summed E-state index contributed by atoms with van der Waals surface area (Å²) in [5.74, 6) is 0.855. The molecule has 102 valence electrons. The summed E-state index contributed by atoms with van der Waals surface area (Å²) < 4.78 is 0. The Hall–Kier alpha value is -0.710. The number of carbonyl (C=O) groups excluding carboxylic acids is 1. The van der Waals surface area contributed by atoms with Gasteiger partial charge in [0.05, 0.1) is 6.54 Å². The lowest BCUT2D eigenvalue weighted by Crippen LogP contribution is -2.49. The molecule has 2 atom stereocenters. The van der Waals surface area contributed by atoms with Crippen LogP contribution in [0.1, 0.15) is 39.5 Å². The van der Waals surface area contributed by atoms with Gasteiger partial charge in [-0.2, -0.15) is 0 Å². The molecule has 4 nitrogen and oxygen atoms in total. The first-order valence-corrected chi connectivity index (χ1v) is 7.87. The fourth-order valence-corrected chi connectivity index (χ4v) is 3.96. The molecule has 2 rings (SSSR count). The zero-order valence-electron chi connectivity index (χ0n) is 11.2. The van der Waals surface area contributed by atoms with Gasteiger partial charge >= 0.3 is 0 Å². The number of thioether (sulfide) groups is 1. The topological polar surface area (TPSA) is 53.5 Å². The third-order valence-electron chi connectivity index (χ3n) is 3.84. The summed E-state index contributed by atoms with van der Waals surface area (Å²) in [6.45, 7) is 6.20. The normalized spacial score (nSPS) is 28.2. The van der Waals surface area contributed by atoms with Crippen molar-refractivity contribution < 1.29 is 4.79 Å². The van der Waals surface area contributed by atoms with E-state index >= 15 is 0 Å². The highest BCUT2D eigenvalue weighted by molar-refractivity contribution is 8.14. The molecule has 1 saturated heterocycles. The molecule has 0 radical (unpaired) electrons. The number of hydrogen-bond donors (Lipinski definition) is 2. The molecule has 5 heteroatoms. The van der Waals surface area contributed by atoms with E-state index in [0.717, 1.165) is 37.0 Å². The van der Waals surface area contributed by atoms with Gasteiger partial charge in [0.2, 0.25) is 5.91 Å². The van der Waals surface area contributed by atoms with E-state index in [9.17, 15) is 4.79 Å². The van der Waals surface area contributed by atoms with Crippen molar-refractivity contribution in [3.05, 3.63) is 0 Å². The molecule has 0 aromatic heterocycles. The Bertz CT molecular complexity index is 328. The number of amidine groups is 1. The standard InChI is InChI=1S/C13H23N3OS/c1-3-9(4-2)11-8-15-13(18-11)16-10-6-5-7-14-12(10)17/h9-11H,3-8H2,1-2H3,(H,14,17)(H,15,16). The Labute approximate surface area is 113 Å². The Morgan fingerprint density at radius 1 is 1.50 bits per heavy atom. The molecule has 0 bridgehead atoms. The highest BCUT2D eigenvalue weighted by Crippen LogP contribution is 2.30. The van der Waals surface area contributed by atoms with Crippen molar-refractivity contribution in [2.24, 2.45) is 10.9 Å². The van der Waals surface area contributed by atoms with Gasteiger partial charge in [-0.15, -0.1) is 0 Å². The van der Waals surface area contributed by atoms with Gasteiger partial charge in [-0.1, -0.05) is 38.5 Å². The minimum atomic E-state index is -0.0783. The maximum absolute atomic E-state index is 11.7. The van der Waals surface area contributed by atoms with Crippen LogP contribution in [-0.2, 0) is 4.79 Å². The van der Waals surface area contributed by atoms with Gasteiger partial charge in [-0.05, 0) is 18.8 Å². The first kappa shape index (κ1) is 13.7. The predicted octanol–water partition coefficient (Wildman–Crippen LogP) is 1.76. The molecule has 1 amide bonds. The van der Waals surface area contributed by atoms with E-state index in [2.05, 4.69) is 29.5 Å². The van der Waals surface area contributed by atoms with E-state index in [4.69, 9.17) is 0 Å². The summed E-state index contributed by atoms with van der Waals surface area (Å²) >= 11 is 1.82. The van der Waals surface area contributed by atoms with E-state index in [0.29, 0.717) is 5.25 Å². The summed E-state index contributed by atoms with van der Waals surface area (Å²) in [5, 5.41) is 7.76. The largest absolute Gasteiger partial charge is 0.354 e. The smallest absolute Gasteiger partial charge is 0.242 e. The van der Waals surface area contributed by atoms with Gasteiger partial charge in [0, 0.05) is 11.8 Å². The van der Waals surface area contributed by atoms with Crippen molar-refractivity contribution >= 4 is 22.8 Å². The molecule has 0 aromatic rings. The number of nitrogens with one attached hydrogen (secondary N) is 2. The van der Waals surface area contributed by atoms with E-state index in [1.54, 1.807) is 0 Å². The monoisotopic (exact) mass is 269 g/mol. The van der Waals surface area contributed by atoms with Crippen LogP contribution < -0.4 is 10.6 Å². The lowest BCUT2D eigenvalue weighted by atomic mass is 9.99. The third-order valence-corrected chi connectivity index (χ3v) is 5.14. The first-order valence-electron chi connectivity index (χ1n) is 7.00. The quantitative estimate of drug-likeness (QED) is 0.818. The van der Waals surface area contributed by atoms with Crippen molar-refractivity contribution in [3.63, 3.8) is 0 Å². The van der Waals surface area contributed by atoms with Crippen LogP contribution in [0, 0.1) is 5.92 Å². The average Bonchev–Trinajstić information content (AvgIpc) is 2.82. The van der Waals surface area contributed by atoms with E-state index in [1.807, 2.05) is 11.8 Å². The average molecular weight is 269 g/mol. The van der Waals surface area contributed by atoms with Gasteiger partial charge in [0.15, 0.2) is 5.17 Å². The fraction of sp³-hybridized carbons (Fsp3) is 0.846. The third kappa shape index (κ3) is 3.19. The lowest BCUT2D eigenvalue weighted by Gasteiger charge is -2.24. The second kappa shape index (κ2) is 6.45. The number of rotatable bonds is 4. The summed E-state index contributed by atoms with van der Waals surface area (Å²) in [5.41, 5.74) is 0. The van der Waals surface area contributed by atoms with Gasteiger partial charge in [0.25, 0.3) is 0 Å². The SMILES string of the molecule is CCC(CC)C1CN=C(NC2CCCNC2=O)S1. The first-order chi connectivity index (χ1) is 8.74. The lowest BCUT2D eigenvalue weighted by molar-refractivity contribution is -0.124. The van der Waals surface area contributed by atoms with Gasteiger partial charge < -0.3 is 10.6 Å². The molecule has 2 aliphatic heterocycles. The molecule has 2 heterocycles. The van der Waals surface area contributed by atoms with Crippen molar-refractivity contribution in [3.8, 4) is 0 Å². The van der Waals surface area contributed by atoms with Crippen LogP contribution in [0.4, 0.5) is 0 Å². The zero-order chi connectivity index (χ0) is 13.0. The van der Waals surface area contributed by atoms with E-state index < -0.39 is 0 Å². The van der Waals surface area contributed by atoms with Crippen LogP contribution in [0.5, 0.6) is 0 Å². The molecular formula is C13H23N3OS. The van der Waals surface area contributed by atoms with Gasteiger partial charge in [0.1, 0.15) is 6.04 Å². The Morgan fingerprint density at radius 2 is 2.28 bits per heavy atom. The number of carbonyl (C=O) groups is 1. The maximum Gasteiger partial charge on any atom is 0.242 e. The molecular weight excluding hydrogens is 246 g/mol. The van der Waals surface area contributed by atoms with Crippen molar-refractivity contribution in [1.29, 1.82) is 0 Å². The molecule has 1 fully saturated rings. The molecule has 2 N–H and O–H groups in total. The number of hydrogen-bond acceptors (Lipinski definition) is 4. The van der Waals surface area contributed by atoms with E-state index in [-0.39, 0.29) is 11.9 Å². The van der Waals surface area contributed by atoms with Crippen molar-refractivity contribution in [2.45, 2.75) is 50.8 Å². The van der Waals surface area contributed by atoms with Crippen LogP contribution >= 0.6 is 11.8 Å². The Kier molecular flexibility index (Phi) is 4.92. The summed E-state index contributed by atoms with van der Waals surface area (Å²) in [6.07, 6.45) is 4.39. The van der Waals surface area contributed by atoms with Crippen LogP contribution in [0.25, 0.3) is 0 Å². The van der Waals surface area contributed by atoms with Crippen LogP contribution in [0.15, 0.2) is 4.99 Å². The fourth-order valence-electron chi connectivity index (χ4n) is 2.59. The zero-order valence-corrected chi connectivity index (χ0v) is 12.1. The molecule has 0 aliphatic carbocycles. The highest BCUT2D eigenvalue weighted by Gasteiger charge is 2.29. The Balaban J connectivity index is 1.83. The predicted molar refractivity (Wildman–Crippen MR) is 76.9 cm³/mol. The molecule has 2 aliphatic rings. The van der Waals surface area contributed by atoms with Gasteiger partial charge in [-0.25, -0.2) is 0 Å². The van der Waals surface area contributed by atoms with Crippen LogP contribution in [-0.4, -0.2) is 35.5 Å². The van der Waals surface area contributed by atoms with E-state index in [1.165, 1.54) is 12.8 Å². The minimum absolute atomic E-state index is 0.0783. The number of nitrogens with zero attached hydrogens (tertiary/aromatic N) is 1. The number of aliphatic imine (C=N–C) groups is 1. The summed E-state index contributed by atoms with van der Waals surface area (Å²) in [4.78, 5) is 16.2. The molecule has 18 heavy (non-hydrogen) atoms. The summed E-state index contributed by atoms with van der Waals surface area (Å²) in [6, 6.07) is -0.0783. The number of amides is 1. The van der Waals surface area contributed by atoms with Crippen LogP contribution in [0.2, 0.25) is 0 Å². The maximum atomic E-state index is 11.7. The van der Waals surface area contributed by atoms with Gasteiger partial charge in [-0.3, -0.25) is 9.79 Å². The second-order valence-electron chi connectivity index (χ2n) is 5.01. The molecule has 0 spiro atoms. The Morgan fingerprint density at radius 3 is 2.94 bits per heavy atom. The number of piperidine rings is 1. The van der Waals surface area contributed by atoms with Crippen molar-refractivity contribution in [1.82, 2.24) is 10.6 Å².